The number of benzene rings is 2. The van der Waals surface area contributed by atoms with Crippen LogP contribution >= 0.6 is 0 Å². The number of nitrogens with one attached hydrogen (secondary N) is 1. The molecule has 6 heteroatoms. The SMILES string of the molecule is Cc1cccc(N2CCN(CCCOc3cccc4c3OCC(=O)N4)CC2)c1. The van der Waals surface area contributed by atoms with E-state index < -0.39 is 0 Å². The Morgan fingerprint density at radius 1 is 1.11 bits per heavy atom. The van der Waals surface area contributed by atoms with Crippen molar-refractivity contribution in [1.82, 2.24) is 4.90 Å². The van der Waals surface area contributed by atoms with E-state index >= 15 is 0 Å². The summed E-state index contributed by atoms with van der Waals surface area (Å²) >= 11 is 0. The highest BCUT2D eigenvalue weighted by molar-refractivity contribution is 5.96. The van der Waals surface area contributed by atoms with Gasteiger partial charge in [-0.3, -0.25) is 9.69 Å². The number of carbonyl (C=O) groups excluding carboxylic acids is 1. The van der Waals surface area contributed by atoms with Crippen molar-refractivity contribution in [1.29, 1.82) is 0 Å². The van der Waals surface area contributed by atoms with E-state index in [2.05, 4.69) is 46.3 Å². The molecule has 1 fully saturated rings. The smallest absolute Gasteiger partial charge is 0.262 e. The summed E-state index contributed by atoms with van der Waals surface area (Å²) in [5.41, 5.74) is 3.31. The van der Waals surface area contributed by atoms with Gasteiger partial charge in [-0.05, 0) is 43.2 Å². The quantitative estimate of drug-likeness (QED) is 0.780. The number of amides is 1. The predicted octanol–water partition coefficient (Wildman–Crippen LogP) is 2.92. The van der Waals surface area contributed by atoms with Crippen molar-refractivity contribution in [3.63, 3.8) is 0 Å². The van der Waals surface area contributed by atoms with E-state index in [0.717, 1.165) is 39.1 Å². The molecule has 6 nitrogen and oxygen atoms in total. The molecule has 0 aliphatic carbocycles. The summed E-state index contributed by atoms with van der Waals surface area (Å²) in [6.45, 7) is 8.10. The Morgan fingerprint density at radius 3 is 2.75 bits per heavy atom. The molecule has 0 aromatic heterocycles. The summed E-state index contributed by atoms with van der Waals surface area (Å²) in [7, 11) is 0. The number of aryl methyl sites for hydroxylation is 1. The summed E-state index contributed by atoms with van der Waals surface area (Å²) < 4.78 is 11.4. The van der Waals surface area contributed by atoms with E-state index in [4.69, 9.17) is 9.47 Å². The van der Waals surface area contributed by atoms with Crippen LogP contribution in [0.1, 0.15) is 12.0 Å². The summed E-state index contributed by atoms with van der Waals surface area (Å²) in [6, 6.07) is 14.3. The zero-order chi connectivity index (χ0) is 19.3. The number of anilines is 2. The first-order valence-corrected chi connectivity index (χ1v) is 9.91. The largest absolute Gasteiger partial charge is 0.490 e. The molecular weight excluding hydrogens is 354 g/mol. The van der Waals surface area contributed by atoms with E-state index in [9.17, 15) is 4.79 Å². The Labute approximate surface area is 166 Å². The topological polar surface area (TPSA) is 54.0 Å². The molecule has 0 atom stereocenters. The normalized spacial score (nSPS) is 16.9. The number of para-hydroxylation sites is 1. The second-order valence-electron chi connectivity index (χ2n) is 7.34. The fourth-order valence-corrected chi connectivity index (χ4v) is 3.73. The van der Waals surface area contributed by atoms with Crippen LogP contribution in [-0.2, 0) is 4.79 Å². The van der Waals surface area contributed by atoms with Gasteiger partial charge in [0, 0.05) is 38.4 Å². The van der Waals surface area contributed by atoms with Crippen molar-refractivity contribution < 1.29 is 14.3 Å². The van der Waals surface area contributed by atoms with Crippen molar-refractivity contribution in [2.45, 2.75) is 13.3 Å². The number of nitrogens with zero attached hydrogens (tertiary/aromatic N) is 2. The molecule has 0 bridgehead atoms. The summed E-state index contributed by atoms with van der Waals surface area (Å²) in [4.78, 5) is 16.4. The van der Waals surface area contributed by atoms with Gasteiger partial charge in [-0.15, -0.1) is 0 Å². The molecule has 2 aromatic carbocycles. The third-order valence-corrected chi connectivity index (χ3v) is 5.22. The number of rotatable bonds is 6. The molecule has 2 aliphatic heterocycles. The van der Waals surface area contributed by atoms with Crippen molar-refractivity contribution in [2.75, 3.05) is 56.2 Å². The van der Waals surface area contributed by atoms with Crippen LogP contribution in [0.5, 0.6) is 11.5 Å². The van der Waals surface area contributed by atoms with Crippen molar-refractivity contribution in [3.8, 4) is 11.5 Å². The molecular formula is C22H27N3O3. The van der Waals surface area contributed by atoms with E-state index in [1.54, 1.807) is 0 Å². The minimum absolute atomic E-state index is 0.0403. The third kappa shape index (κ3) is 4.39. The van der Waals surface area contributed by atoms with Gasteiger partial charge in [0.15, 0.2) is 18.1 Å². The van der Waals surface area contributed by atoms with Gasteiger partial charge >= 0.3 is 0 Å². The van der Waals surface area contributed by atoms with Crippen LogP contribution in [0.2, 0.25) is 0 Å². The number of piperazine rings is 1. The number of ether oxygens (including phenoxy) is 2. The molecule has 4 rings (SSSR count). The first kappa shape index (κ1) is 18.6. The zero-order valence-corrected chi connectivity index (χ0v) is 16.3. The highest BCUT2D eigenvalue weighted by Crippen LogP contribution is 2.37. The lowest BCUT2D eigenvalue weighted by atomic mass is 10.2. The van der Waals surface area contributed by atoms with Gasteiger partial charge in [0.1, 0.15) is 0 Å². The maximum Gasteiger partial charge on any atom is 0.262 e. The molecule has 2 aliphatic rings. The predicted molar refractivity (Wildman–Crippen MR) is 111 cm³/mol. The van der Waals surface area contributed by atoms with Gasteiger partial charge < -0.3 is 19.7 Å². The van der Waals surface area contributed by atoms with Crippen LogP contribution in [-0.4, -0.2) is 56.7 Å². The van der Waals surface area contributed by atoms with Crippen LogP contribution < -0.4 is 19.7 Å². The fourth-order valence-electron chi connectivity index (χ4n) is 3.73. The first-order chi connectivity index (χ1) is 13.7. The van der Waals surface area contributed by atoms with Crippen LogP contribution in [0.4, 0.5) is 11.4 Å². The molecule has 1 amide bonds. The van der Waals surface area contributed by atoms with Gasteiger partial charge in [0.05, 0.1) is 12.3 Å². The Bertz CT molecular complexity index is 832. The van der Waals surface area contributed by atoms with Gasteiger partial charge in [0.2, 0.25) is 0 Å². The van der Waals surface area contributed by atoms with Gasteiger partial charge in [0.25, 0.3) is 5.91 Å². The number of hydrogen-bond donors (Lipinski definition) is 1. The van der Waals surface area contributed by atoms with Gasteiger partial charge in [-0.2, -0.15) is 0 Å². The highest BCUT2D eigenvalue weighted by atomic mass is 16.5. The minimum atomic E-state index is -0.130. The lowest BCUT2D eigenvalue weighted by Gasteiger charge is -2.36. The summed E-state index contributed by atoms with van der Waals surface area (Å²) in [6.07, 6.45) is 0.959. The fraction of sp³-hybridized carbons (Fsp3) is 0.409. The number of hydrogen-bond acceptors (Lipinski definition) is 5. The maximum atomic E-state index is 11.4. The van der Waals surface area contributed by atoms with Crippen LogP contribution in [0, 0.1) is 6.92 Å². The second kappa shape index (κ2) is 8.52. The summed E-state index contributed by atoms with van der Waals surface area (Å²) in [5.74, 6) is 1.20. The van der Waals surface area contributed by atoms with Crippen LogP contribution in [0.25, 0.3) is 0 Å². The third-order valence-electron chi connectivity index (χ3n) is 5.22. The first-order valence-electron chi connectivity index (χ1n) is 9.91. The Kier molecular flexibility index (Phi) is 5.67. The zero-order valence-electron chi connectivity index (χ0n) is 16.3. The summed E-state index contributed by atoms with van der Waals surface area (Å²) in [5, 5.41) is 2.81. The van der Waals surface area contributed by atoms with Crippen molar-refractivity contribution >= 4 is 17.3 Å². The van der Waals surface area contributed by atoms with Crippen molar-refractivity contribution in [3.05, 3.63) is 48.0 Å². The van der Waals surface area contributed by atoms with Crippen LogP contribution in [0.3, 0.4) is 0 Å². The average Bonchev–Trinajstić information content (AvgIpc) is 2.71. The number of fused-ring (bicyclic) bond motifs is 1. The minimum Gasteiger partial charge on any atom is -0.490 e. The van der Waals surface area contributed by atoms with E-state index in [0.29, 0.717) is 23.8 Å². The molecule has 28 heavy (non-hydrogen) atoms. The molecule has 0 unspecified atom stereocenters. The molecule has 0 saturated carbocycles. The van der Waals surface area contributed by atoms with E-state index in [1.807, 2.05) is 18.2 Å². The molecule has 2 heterocycles. The second-order valence-corrected chi connectivity index (χ2v) is 7.34. The molecule has 148 valence electrons. The molecule has 0 radical (unpaired) electrons. The van der Waals surface area contributed by atoms with E-state index in [-0.39, 0.29) is 12.5 Å². The Balaban J connectivity index is 1.21. The van der Waals surface area contributed by atoms with Crippen LogP contribution in [0.15, 0.2) is 42.5 Å². The van der Waals surface area contributed by atoms with Gasteiger partial charge in [-0.1, -0.05) is 18.2 Å². The van der Waals surface area contributed by atoms with Gasteiger partial charge in [-0.25, -0.2) is 0 Å². The Morgan fingerprint density at radius 2 is 1.93 bits per heavy atom. The average molecular weight is 381 g/mol. The lowest BCUT2D eigenvalue weighted by Crippen LogP contribution is -2.46. The highest BCUT2D eigenvalue weighted by Gasteiger charge is 2.20. The molecule has 1 saturated heterocycles. The molecule has 2 aromatic rings. The monoisotopic (exact) mass is 381 g/mol. The van der Waals surface area contributed by atoms with E-state index in [1.165, 1.54) is 11.3 Å². The Hall–Kier alpha value is -2.73. The number of carbonyl (C=O) groups is 1. The molecule has 0 spiro atoms. The molecule has 1 N–H and O–H groups in total. The maximum absolute atomic E-state index is 11.4. The lowest BCUT2D eigenvalue weighted by molar-refractivity contribution is -0.118. The standard InChI is InChI=1S/C22H27N3O3/c1-17-5-2-6-18(15-17)25-12-10-24(11-13-25)9-4-14-27-20-8-3-7-19-22(20)28-16-21(26)23-19/h2-3,5-8,15H,4,9-14,16H2,1H3,(H,23,26). The van der Waals surface area contributed by atoms with Crippen molar-refractivity contribution in [2.24, 2.45) is 0 Å².